The van der Waals surface area contributed by atoms with E-state index in [0.717, 1.165) is 60.3 Å². The highest BCUT2D eigenvalue weighted by molar-refractivity contribution is 6.32. The number of halogens is 1. The average molecular weight is 509 g/mol. The lowest BCUT2D eigenvalue weighted by molar-refractivity contribution is -0.172. The number of carbonyl (C=O) groups is 1. The number of aliphatic hydroxyl groups is 1. The van der Waals surface area contributed by atoms with Crippen LogP contribution in [0.3, 0.4) is 0 Å². The Kier molecular flexibility index (Phi) is 5.50. The van der Waals surface area contributed by atoms with Crippen molar-refractivity contribution in [3.63, 3.8) is 0 Å². The van der Waals surface area contributed by atoms with Crippen LogP contribution in [0.25, 0.3) is 22.3 Å². The first-order valence-electron chi connectivity index (χ1n) is 12.4. The van der Waals surface area contributed by atoms with Gasteiger partial charge in [0.25, 0.3) is 5.56 Å². The van der Waals surface area contributed by atoms with Crippen LogP contribution in [0.5, 0.6) is 0 Å². The summed E-state index contributed by atoms with van der Waals surface area (Å²) in [6.45, 7) is 8.65. The number of nitrogens with zero attached hydrogens (tertiary/aromatic N) is 4. The second-order valence-electron chi connectivity index (χ2n) is 10.2. The van der Waals surface area contributed by atoms with Crippen LogP contribution in [0, 0.1) is 6.92 Å². The quantitative estimate of drug-likeness (QED) is 0.426. The summed E-state index contributed by atoms with van der Waals surface area (Å²) >= 11 is 6.50. The number of carbonyl (C=O) groups excluding carboxylic acids is 1. The Morgan fingerprint density at radius 1 is 1.14 bits per heavy atom. The Morgan fingerprint density at radius 2 is 1.89 bits per heavy atom. The number of benzene rings is 1. The van der Waals surface area contributed by atoms with Gasteiger partial charge in [-0.25, -0.2) is 9.78 Å². The van der Waals surface area contributed by atoms with E-state index in [1.165, 1.54) is 0 Å². The summed E-state index contributed by atoms with van der Waals surface area (Å²) in [5, 5.41) is 12.9. The number of pyridine rings is 2. The molecule has 1 saturated heterocycles. The number of rotatable bonds is 3. The van der Waals surface area contributed by atoms with Gasteiger partial charge >= 0.3 is 5.97 Å². The summed E-state index contributed by atoms with van der Waals surface area (Å²) in [7, 11) is 2.14. The SMILES string of the molecule is CC[C@@]1(O)C(=O)OCc2c1cc1n(c2=O)Cc2c-1nc1cc(Cl)c(C)cc1c2CN1CCN(C)CC1. The van der Waals surface area contributed by atoms with E-state index in [2.05, 4.69) is 22.9 Å². The molecule has 2 aromatic heterocycles. The van der Waals surface area contributed by atoms with Gasteiger partial charge in [-0.1, -0.05) is 18.5 Å². The van der Waals surface area contributed by atoms with E-state index in [4.69, 9.17) is 21.3 Å². The topological polar surface area (TPSA) is 87.9 Å². The van der Waals surface area contributed by atoms with Crippen molar-refractivity contribution in [2.45, 2.75) is 45.6 Å². The van der Waals surface area contributed by atoms with Crippen LogP contribution in [0.1, 0.15) is 41.2 Å². The number of cyclic esters (lactones) is 1. The molecular formula is C27H29ClN4O4. The fraction of sp³-hybridized carbons (Fsp3) is 0.444. The molecule has 0 bridgehead atoms. The predicted octanol–water partition coefficient (Wildman–Crippen LogP) is 2.79. The molecular weight excluding hydrogens is 480 g/mol. The number of fused-ring (bicyclic) bond motifs is 5. The monoisotopic (exact) mass is 508 g/mol. The molecule has 36 heavy (non-hydrogen) atoms. The molecule has 1 atom stereocenters. The predicted molar refractivity (Wildman–Crippen MR) is 137 cm³/mol. The first kappa shape index (κ1) is 23.6. The van der Waals surface area contributed by atoms with E-state index in [1.807, 2.05) is 13.0 Å². The fourth-order valence-electron chi connectivity index (χ4n) is 5.70. The van der Waals surface area contributed by atoms with E-state index in [1.54, 1.807) is 17.6 Å². The molecule has 8 nitrogen and oxygen atoms in total. The van der Waals surface area contributed by atoms with Crippen LogP contribution in [0.2, 0.25) is 5.02 Å². The number of aromatic nitrogens is 2. The van der Waals surface area contributed by atoms with Crippen molar-refractivity contribution in [1.29, 1.82) is 0 Å². The minimum Gasteiger partial charge on any atom is -0.458 e. The van der Waals surface area contributed by atoms with Crippen molar-refractivity contribution in [2.75, 3.05) is 33.2 Å². The van der Waals surface area contributed by atoms with Gasteiger partial charge in [0, 0.05) is 54.3 Å². The van der Waals surface area contributed by atoms with Gasteiger partial charge in [0.05, 0.1) is 29.0 Å². The third-order valence-corrected chi connectivity index (χ3v) is 8.47. The summed E-state index contributed by atoms with van der Waals surface area (Å²) in [5.41, 5.74) is 3.82. The summed E-state index contributed by atoms with van der Waals surface area (Å²) in [6.07, 6.45) is 0.114. The lowest BCUT2D eigenvalue weighted by Gasteiger charge is -2.33. The van der Waals surface area contributed by atoms with Crippen LogP contribution in [-0.4, -0.2) is 63.7 Å². The molecule has 6 rings (SSSR count). The van der Waals surface area contributed by atoms with Gasteiger partial charge in [-0.2, -0.15) is 0 Å². The van der Waals surface area contributed by atoms with Crippen LogP contribution in [-0.2, 0) is 34.8 Å². The van der Waals surface area contributed by atoms with Crippen molar-refractivity contribution in [1.82, 2.24) is 19.4 Å². The lowest BCUT2D eigenvalue weighted by atomic mass is 9.86. The first-order chi connectivity index (χ1) is 17.2. The fourth-order valence-corrected chi connectivity index (χ4v) is 5.86. The van der Waals surface area contributed by atoms with Crippen LogP contribution >= 0.6 is 11.6 Å². The Bertz CT molecular complexity index is 1490. The van der Waals surface area contributed by atoms with Crippen molar-refractivity contribution in [3.8, 4) is 11.4 Å². The number of likely N-dealkylation sites (N-methyl/N-ethyl adjacent to an activating group) is 1. The van der Waals surface area contributed by atoms with Gasteiger partial charge in [0.1, 0.15) is 6.61 Å². The zero-order valence-electron chi connectivity index (χ0n) is 20.7. The lowest BCUT2D eigenvalue weighted by Crippen LogP contribution is -2.44. The number of hydrogen-bond donors (Lipinski definition) is 1. The normalized spacial score (nSPS) is 21.9. The Balaban J connectivity index is 1.57. The Morgan fingerprint density at radius 3 is 2.61 bits per heavy atom. The maximum absolute atomic E-state index is 13.6. The smallest absolute Gasteiger partial charge is 0.343 e. The molecule has 0 aliphatic carbocycles. The first-order valence-corrected chi connectivity index (χ1v) is 12.8. The zero-order chi connectivity index (χ0) is 25.4. The molecule has 1 fully saturated rings. The molecule has 0 amide bonds. The standard InChI is InChI=1S/C27H29ClN4O4/c1-4-27(35)20-10-23-24-18(13-32(23)25(33)19(20)14-36-26(27)34)17(12-31-7-5-30(3)6-8-31)16-9-15(2)21(28)11-22(16)29-24/h9-11,35H,4-8,12-14H2,1-3H3/t27-/m0/s1. The Hall–Kier alpha value is -2.78. The summed E-state index contributed by atoms with van der Waals surface area (Å²) in [5.74, 6) is -0.718. The molecule has 3 aromatic rings. The largest absolute Gasteiger partial charge is 0.458 e. The molecule has 5 heterocycles. The molecule has 3 aliphatic rings. The highest BCUT2D eigenvalue weighted by Gasteiger charge is 2.45. The summed E-state index contributed by atoms with van der Waals surface area (Å²) in [4.78, 5) is 35.9. The minimum absolute atomic E-state index is 0.114. The number of ether oxygens (including phenoxy) is 1. The van der Waals surface area contributed by atoms with Gasteiger partial charge in [-0.3, -0.25) is 9.69 Å². The van der Waals surface area contributed by atoms with Crippen molar-refractivity contribution in [3.05, 3.63) is 61.4 Å². The Labute approximate surface area is 214 Å². The zero-order valence-corrected chi connectivity index (χ0v) is 21.5. The van der Waals surface area contributed by atoms with E-state index >= 15 is 0 Å². The molecule has 0 radical (unpaired) electrons. The molecule has 188 valence electrons. The van der Waals surface area contributed by atoms with E-state index in [0.29, 0.717) is 34.1 Å². The number of aryl methyl sites for hydroxylation is 1. The van der Waals surface area contributed by atoms with E-state index < -0.39 is 11.6 Å². The number of hydrogen-bond acceptors (Lipinski definition) is 7. The molecule has 3 aliphatic heterocycles. The molecule has 0 spiro atoms. The highest BCUT2D eigenvalue weighted by atomic mass is 35.5. The second kappa shape index (κ2) is 8.38. The molecule has 1 aromatic carbocycles. The van der Waals surface area contributed by atoms with E-state index in [-0.39, 0.29) is 18.6 Å². The summed E-state index contributed by atoms with van der Waals surface area (Å²) in [6, 6.07) is 5.75. The molecule has 0 saturated carbocycles. The molecule has 0 unspecified atom stereocenters. The van der Waals surface area contributed by atoms with Crippen LogP contribution in [0.15, 0.2) is 23.0 Å². The molecule has 1 N–H and O–H groups in total. The van der Waals surface area contributed by atoms with Gasteiger partial charge in [0.2, 0.25) is 0 Å². The van der Waals surface area contributed by atoms with Crippen molar-refractivity contribution >= 4 is 28.5 Å². The number of piperazine rings is 1. The maximum Gasteiger partial charge on any atom is 0.343 e. The third-order valence-electron chi connectivity index (χ3n) is 8.06. The van der Waals surface area contributed by atoms with Crippen molar-refractivity contribution in [2.24, 2.45) is 0 Å². The number of esters is 1. The van der Waals surface area contributed by atoms with Gasteiger partial charge in [-0.15, -0.1) is 0 Å². The maximum atomic E-state index is 13.6. The summed E-state index contributed by atoms with van der Waals surface area (Å²) < 4.78 is 6.91. The minimum atomic E-state index is -1.84. The van der Waals surface area contributed by atoms with Gasteiger partial charge < -0.3 is 19.3 Å². The van der Waals surface area contributed by atoms with E-state index in [9.17, 15) is 14.7 Å². The average Bonchev–Trinajstić information content (AvgIpc) is 3.23. The van der Waals surface area contributed by atoms with Crippen LogP contribution in [0.4, 0.5) is 0 Å². The van der Waals surface area contributed by atoms with Crippen molar-refractivity contribution < 1.29 is 14.6 Å². The second-order valence-corrected chi connectivity index (χ2v) is 10.6. The highest BCUT2D eigenvalue weighted by Crippen LogP contribution is 2.41. The van der Waals surface area contributed by atoms with Gasteiger partial charge in [0.15, 0.2) is 5.60 Å². The van der Waals surface area contributed by atoms with Gasteiger partial charge in [-0.05, 0) is 49.7 Å². The molecule has 9 heteroatoms. The van der Waals surface area contributed by atoms with Crippen LogP contribution < -0.4 is 5.56 Å². The third kappa shape index (κ3) is 3.43.